The maximum atomic E-state index is 5.72. The van der Waals surface area contributed by atoms with Crippen molar-refractivity contribution in [3.63, 3.8) is 0 Å². The van der Waals surface area contributed by atoms with Crippen molar-refractivity contribution in [2.24, 2.45) is 0 Å². The average Bonchev–Trinajstić information content (AvgIpc) is 2.31. The van der Waals surface area contributed by atoms with E-state index in [-0.39, 0.29) is 0 Å². The lowest BCUT2D eigenvalue weighted by molar-refractivity contribution is 0.0965. The molecule has 1 unspecified atom stereocenters. The summed E-state index contributed by atoms with van der Waals surface area (Å²) in [6.07, 6.45) is 2.38. The molecule has 0 amide bonds. The van der Waals surface area contributed by atoms with E-state index in [1.165, 1.54) is 18.4 Å². The lowest BCUT2D eigenvalue weighted by atomic mass is 10.2. The Labute approximate surface area is 99.0 Å². The van der Waals surface area contributed by atoms with E-state index in [2.05, 4.69) is 31.3 Å². The van der Waals surface area contributed by atoms with E-state index in [1.54, 1.807) is 0 Å². The van der Waals surface area contributed by atoms with Crippen molar-refractivity contribution in [1.29, 1.82) is 0 Å². The van der Waals surface area contributed by atoms with E-state index in [1.807, 2.05) is 18.2 Å². The van der Waals surface area contributed by atoms with Crippen molar-refractivity contribution in [1.82, 2.24) is 5.32 Å². The van der Waals surface area contributed by atoms with E-state index >= 15 is 0 Å². The Morgan fingerprint density at radius 1 is 1.19 bits per heavy atom. The molecule has 1 aromatic rings. The second-order valence-electron chi connectivity index (χ2n) is 4.04. The summed E-state index contributed by atoms with van der Waals surface area (Å²) in [5, 5.41) is 3.44. The molecular weight excluding hydrogens is 198 g/mol. The summed E-state index contributed by atoms with van der Waals surface area (Å²) in [4.78, 5) is 0. The van der Waals surface area contributed by atoms with Crippen molar-refractivity contribution >= 4 is 0 Å². The summed E-state index contributed by atoms with van der Waals surface area (Å²) in [6.45, 7) is 6.88. The molecule has 0 aliphatic heterocycles. The second kappa shape index (κ2) is 8.31. The van der Waals surface area contributed by atoms with Crippen LogP contribution in [0.2, 0.25) is 0 Å². The molecule has 0 aliphatic carbocycles. The van der Waals surface area contributed by atoms with Crippen molar-refractivity contribution in [2.75, 3.05) is 13.2 Å². The molecule has 1 rings (SSSR count). The van der Waals surface area contributed by atoms with Gasteiger partial charge in [-0.2, -0.15) is 0 Å². The van der Waals surface area contributed by atoms with Crippen LogP contribution in [-0.4, -0.2) is 19.2 Å². The molecule has 1 atom stereocenters. The highest BCUT2D eigenvalue weighted by Gasteiger charge is 2.05. The number of rotatable bonds is 8. The molecule has 1 aromatic carbocycles. The average molecular weight is 221 g/mol. The van der Waals surface area contributed by atoms with Gasteiger partial charge in [-0.25, -0.2) is 0 Å². The molecule has 0 heterocycles. The van der Waals surface area contributed by atoms with E-state index in [0.29, 0.717) is 12.6 Å². The Morgan fingerprint density at radius 3 is 2.56 bits per heavy atom. The molecule has 90 valence electrons. The Balaban J connectivity index is 2.22. The topological polar surface area (TPSA) is 21.3 Å². The van der Waals surface area contributed by atoms with Crippen molar-refractivity contribution in [3.8, 4) is 0 Å². The van der Waals surface area contributed by atoms with Crippen LogP contribution in [0.3, 0.4) is 0 Å². The first kappa shape index (κ1) is 13.2. The van der Waals surface area contributed by atoms with Gasteiger partial charge in [-0.05, 0) is 18.5 Å². The first-order chi connectivity index (χ1) is 7.86. The lowest BCUT2D eigenvalue weighted by Gasteiger charge is -2.17. The van der Waals surface area contributed by atoms with Gasteiger partial charge in [0.2, 0.25) is 0 Å². The predicted molar refractivity (Wildman–Crippen MR) is 68.5 cm³/mol. The Morgan fingerprint density at radius 2 is 1.94 bits per heavy atom. The van der Waals surface area contributed by atoms with E-state index in [0.717, 1.165) is 13.2 Å². The van der Waals surface area contributed by atoms with Crippen molar-refractivity contribution in [3.05, 3.63) is 35.9 Å². The number of nitrogens with one attached hydrogen (secondary N) is 1. The van der Waals surface area contributed by atoms with Crippen LogP contribution in [0.15, 0.2) is 30.3 Å². The van der Waals surface area contributed by atoms with Crippen LogP contribution >= 0.6 is 0 Å². The van der Waals surface area contributed by atoms with Crippen LogP contribution in [0.25, 0.3) is 0 Å². The SMILES string of the molecule is CCCC(COCc1ccccc1)NCC. The first-order valence-electron chi connectivity index (χ1n) is 6.21. The standard InChI is InChI=1S/C14H23NO/c1-3-8-14(15-4-2)12-16-11-13-9-6-5-7-10-13/h5-7,9-10,14-15H,3-4,8,11-12H2,1-2H3. The van der Waals surface area contributed by atoms with E-state index in [4.69, 9.17) is 4.74 Å². The van der Waals surface area contributed by atoms with Gasteiger partial charge in [-0.3, -0.25) is 0 Å². The summed E-state index contributed by atoms with van der Waals surface area (Å²) in [5.74, 6) is 0. The zero-order chi connectivity index (χ0) is 11.6. The highest BCUT2D eigenvalue weighted by atomic mass is 16.5. The van der Waals surface area contributed by atoms with Crippen LogP contribution < -0.4 is 5.32 Å². The van der Waals surface area contributed by atoms with E-state index in [9.17, 15) is 0 Å². The summed E-state index contributed by atoms with van der Waals surface area (Å²) >= 11 is 0. The van der Waals surface area contributed by atoms with Crippen LogP contribution in [0.5, 0.6) is 0 Å². The number of ether oxygens (including phenoxy) is 1. The second-order valence-corrected chi connectivity index (χ2v) is 4.04. The van der Waals surface area contributed by atoms with Gasteiger partial charge in [0.25, 0.3) is 0 Å². The molecule has 0 radical (unpaired) electrons. The molecule has 0 saturated heterocycles. The quantitative estimate of drug-likeness (QED) is 0.728. The Hall–Kier alpha value is -0.860. The van der Waals surface area contributed by atoms with Crippen LogP contribution in [0.4, 0.5) is 0 Å². The first-order valence-corrected chi connectivity index (χ1v) is 6.21. The largest absolute Gasteiger partial charge is 0.375 e. The minimum atomic E-state index is 0.499. The molecular formula is C14H23NO. The third kappa shape index (κ3) is 5.29. The van der Waals surface area contributed by atoms with Gasteiger partial charge in [-0.15, -0.1) is 0 Å². The maximum absolute atomic E-state index is 5.72. The monoisotopic (exact) mass is 221 g/mol. The van der Waals surface area contributed by atoms with Crippen molar-refractivity contribution in [2.45, 2.75) is 39.3 Å². The summed E-state index contributed by atoms with van der Waals surface area (Å²) in [5.41, 5.74) is 1.24. The molecule has 0 bridgehead atoms. The maximum Gasteiger partial charge on any atom is 0.0717 e. The molecule has 2 heteroatoms. The molecule has 1 N–H and O–H groups in total. The third-order valence-corrected chi connectivity index (χ3v) is 2.56. The third-order valence-electron chi connectivity index (χ3n) is 2.56. The number of hydrogen-bond acceptors (Lipinski definition) is 2. The zero-order valence-electron chi connectivity index (χ0n) is 10.4. The summed E-state index contributed by atoms with van der Waals surface area (Å²) < 4.78 is 5.72. The number of likely N-dealkylation sites (N-methyl/N-ethyl adjacent to an activating group) is 1. The minimum absolute atomic E-state index is 0.499. The van der Waals surface area contributed by atoms with Gasteiger partial charge in [-0.1, -0.05) is 50.6 Å². The van der Waals surface area contributed by atoms with Gasteiger partial charge in [0.15, 0.2) is 0 Å². The summed E-state index contributed by atoms with van der Waals surface area (Å²) in [6, 6.07) is 10.8. The lowest BCUT2D eigenvalue weighted by Crippen LogP contribution is -2.33. The molecule has 0 aliphatic rings. The van der Waals surface area contributed by atoms with Gasteiger partial charge in [0.05, 0.1) is 13.2 Å². The normalized spacial score (nSPS) is 12.6. The highest BCUT2D eigenvalue weighted by Crippen LogP contribution is 2.03. The molecule has 2 nitrogen and oxygen atoms in total. The zero-order valence-corrected chi connectivity index (χ0v) is 10.4. The highest BCUT2D eigenvalue weighted by molar-refractivity contribution is 5.13. The van der Waals surface area contributed by atoms with Gasteiger partial charge >= 0.3 is 0 Å². The van der Waals surface area contributed by atoms with Crippen LogP contribution in [0.1, 0.15) is 32.3 Å². The molecule has 0 spiro atoms. The molecule has 0 aromatic heterocycles. The fourth-order valence-electron chi connectivity index (χ4n) is 1.77. The van der Waals surface area contributed by atoms with E-state index < -0.39 is 0 Å². The smallest absolute Gasteiger partial charge is 0.0717 e. The van der Waals surface area contributed by atoms with Gasteiger partial charge < -0.3 is 10.1 Å². The summed E-state index contributed by atoms with van der Waals surface area (Å²) in [7, 11) is 0. The fraction of sp³-hybridized carbons (Fsp3) is 0.571. The van der Waals surface area contributed by atoms with Crippen LogP contribution in [-0.2, 0) is 11.3 Å². The predicted octanol–water partition coefficient (Wildman–Crippen LogP) is 2.98. The minimum Gasteiger partial charge on any atom is -0.375 e. The molecule has 0 saturated carbocycles. The van der Waals surface area contributed by atoms with Crippen molar-refractivity contribution < 1.29 is 4.74 Å². The Kier molecular flexibility index (Phi) is 6.86. The fourth-order valence-corrected chi connectivity index (χ4v) is 1.77. The number of hydrogen-bond donors (Lipinski definition) is 1. The van der Waals surface area contributed by atoms with Gasteiger partial charge in [0.1, 0.15) is 0 Å². The molecule has 16 heavy (non-hydrogen) atoms. The molecule has 0 fully saturated rings. The number of benzene rings is 1. The Bertz CT molecular complexity index is 255. The van der Waals surface area contributed by atoms with Gasteiger partial charge in [0, 0.05) is 6.04 Å². The van der Waals surface area contributed by atoms with Crippen LogP contribution in [0, 0.1) is 0 Å².